The number of ether oxygens (including phenoxy) is 1. The number of rotatable bonds is 3. The monoisotopic (exact) mass is 224 g/mol. The summed E-state index contributed by atoms with van der Waals surface area (Å²) in [4.78, 5) is 14.2. The van der Waals surface area contributed by atoms with Gasteiger partial charge in [-0.25, -0.2) is 4.79 Å². The van der Waals surface area contributed by atoms with Crippen LogP contribution < -0.4 is 0 Å². The molecule has 0 N–H and O–H groups in total. The van der Waals surface area contributed by atoms with Crippen LogP contribution >= 0.6 is 11.6 Å². The molecule has 4 nitrogen and oxygen atoms in total. The van der Waals surface area contributed by atoms with E-state index in [1.165, 1.54) is 0 Å². The molecule has 0 fully saturated rings. The molecule has 0 heterocycles. The van der Waals surface area contributed by atoms with Crippen molar-refractivity contribution in [2.24, 2.45) is 0 Å². The van der Waals surface area contributed by atoms with Crippen LogP contribution in [0.25, 0.3) is 5.53 Å². The Morgan fingerprint density at radius 3 is 2.53 bits per heavy atom. The lowest BCUT2D eigenvalue weighted by atomic mass is 10.1. The van der Waals surface area contributed by atoms with E-state index < -0.39 is 5.97 Å². The molecule has 0 aliphatic carbocycles. The Bertz CT molecular complexity index is 408. The van der Waals surface area contributed by atoms with Gasteiger partial charge in [-0.1, -0.05) is 11.6 Å². The van der Waals surface area contributed by atoms with Gasteiger partial charge in [-0.2, -0.15) is 4.79 Å². The van der Waals surface area contributed by atoms with Crippen LogP contribution in [0.4, 0.5) is 0 Å². The maximum Gasteiger partial charge on any atom is 0.422 e. The first-order valence-corrected chi connectivity index (χ1v) is 4.72. The molecule has 0 atom stereocenters. The number of hydrogen-bond acceptors (Lipinski definition) is 2. The second kappa shape index (κ2) is 5.29. The number of esters is 1. The molecule has 0 unspecified atom stereocenters. The van der Waals surface area contributed by atoms with Gasteiger partial charge in [-0.05, 0) is 31.2 Å². The molecule has 0 bridgehead atoms. The van der Waals surface area contributed by atoms with E-state index in [4.69, 9.17) is 21.9 Å². The molecule has 1 rings (SSSR count). The average molecular weight is 225 g/mol. The minimum absolute atomic E-state index is 0.131. The molecule has 1 aromatic carbocycles. The summed E-state index contributed by atoms with van der Waals surface area (Å²) < 4.78 is 4.72. The minimum Gasteiger partial charge on any atom is -0.457 e. The molecule has 0 saturated carbocycles. The van der Waals surface area contributed by atoms with Gasteiger partial charge in [0.1, 0.15) is 0 Å². The molecule has 0 saturated heterocycles. The van der Waals surface area contributed by atoms with Crippen molar-refractivity contribution in [3.05, 3.63) is 40.4 Å². The van der Waals surface area contributed by atoms with Crippen LogP contribution in [0.5, 0.6) is 0 Å². The van der Waals surface area contributed by atoms with Crippen LogP contribution in [0.15, 0.2) is 24.3 Å². The van der Waals surface area contributed by atoms with E-state index in [1.807, 2.05) is 0 Å². The standard InChI is InChI=1S/C10H9ClN2O2/c1-2-15-10(14)9(13-12)7-3-5-8(11)6-4-7/h3-6H,2H2,1H3. The first-order chi connectivity index (χ1) is 7.19. The van der Waals surface area contributed by atoms with E-state index >= 15 is 0 Å². The fraction of sp³-hybridized carbons (Fsp3) is 0.200. The molecular formula is C10H9ClN2O2. The van der Waals surface area contributed by atoms with Gasteiger partial charge in [0.25, 0.3) is 0 Å². The van der Waals surface area contributed by atoms with Gasteiger partial charge in [0, 0.05) is 5.02 Å². The molecule has 0 aliphatic heterocycles. The topological polar surface area (TPSA) is 62.7 Å². The van der Waals surface area contributed by atoms with Crippen molar-refractivity contribution in [2.45, 2.75) is 6.92 Å². The van der Waals surface area contributed by atoms with Gasteiger partial charge in [-0.15, -0.1) is 0 Å². The van der Waals surface area contributed by atoms with Crippen LogP contribution in [0.2, 0.25) is 5.02 Å². The summed E-state index contributed by atoms with van der Waals surface area (Å²) in [6.45, 7) is 1.90. The Balaban J connectivity index is 2.99. The van der Waals surface area contributed by atoms with Crippen molar-refractivity contribution < 1.29 is 14.3 Å². The normalized spacial score (nSPS) is 9.20. The number of nitrogens with zero attached hydrogens (tertiary/aromatic N) is 2. The lowest BCUT2D eigenvalue weighted by Gasteiger charge is -1.97. The molecule has 0 aromatic heterocycles. The molecule has 78 valence electrons. The predicted molar refractivity (Wildman–Crippen MR) is 55.8 cm³/mol. The third-order valence-electron chi connectivity index (χ3n) is 1.69. The van der Waals surface area contributed by atoms with Crippen molar-refractivity contribution in [1.29, 1.82) is 0 Å². The molecule has 5 heteroatoms. The third kappa shape index (κ3) is 2.91. The summed E-state index contributed by atoms with van der Waals surface area (Å²) in [6.07, 6.45) is 0. The highest BCUT2D eigenvalue weighted by Crippen LogP contribution is 2.10. The molecule has 1 aromatic rings. The second-order valence-corrected chi connectivity index (χ2v) is 3.11. The smallest absolute Gasteiger partial charge is 0.422 e. The number of carbonyl (C=O) groups is 1. The van der Waals surface area contributed by atoms with Crippen molar-refractivity contribution >= 4 is 23.3 Å². The lowest BCUT2D eigenvalue weighted by Crippen LogP contribution is -2.19. The Labute approximate surface area is 92.1 Å². The van der Waals surface area contributed by atoms with Crippen molar-refractivity contribution in [2.75, 3.05) is 6.61 Å². The maximum atomic E-state index is 11.3. The zero-order valence-electron chi connectivity index (χ0n) is 8.11. The first-order valence-electron chi connectivity index (χ1n) is 4.34. The number of hydrogen-bond donors (Lipinski definition) is 0. The fourth-order valence-corrected chi connectivity index (χ4v) is 1.15. The second-order valence-electron chi connectivity index (χ2n) is 2.68. The largest absolute Gasteiger partial charge is 0.457 e. The highest BCUT2D eigenvalue weighted by atomic mass is 35.5. The maximum absolute atomic E-state index is 11.3. The van der Waals surface area contributed by atoms with Gasteiger partial charge in [-0.3, -0.25) is 0 Å². The lowest BCUT2D eigenvalue weighted by molar-refractivity contribution is -0.139. The van der Waals surface area contributed by atoms with Gasteiger partial charge in [0.05, 0.1) is 12.2 Å². The Kier molecular flexibility index (Phi) is 4.03. The predicted octanol–water partition coefficient (Wildman–Crippen LogP) is 1.92. The zero-order chi connectivity index (χ0) is 11.3. The summed E-state index contributed by atoms with van der Waals surface area (Å²) in [7, 11) is 0. The minimum atomic E-state index is -0.665. The van der Waals surface area contributed by atoms with Crippen molar-refractivity contribution in [1.82, 2.24) is 0 Å². The average Bonchev–Trinajstić information content (AvgIpc) is 2.22. The van der Waals surface area contributed by atoms with E-state index in [9.17, 15) is 4.79 Å². The number of halogens is 1. The third-order valence-corrected chi connectivity index (χ3v) is 1.94. The Morgan fingerprint density at radius 1 is 1.47 bits per heavy atom. The van der Waals surface area contributed by atoms with E-state index in [-0.39, 0.29) is 12.3 Å². The molecular weight excluding hydrogens is 216 g/mol. The van der Waals surface area contributed by atoms with Crippen LogP contribution in [0.3, 0.4) is 0 Å². The van der Waals surface area contributed by atoms with E-state index in [2.05, 4.69) is 4.79 Å². The summed E-state index contributed by atoms with van der Waals surface area (Å²) >= 11 is 5.68. The van der Waals surface area contributed by atoms with Gasteiger partial charge < -0.3 is 10.3 Å². The van der Waals surface area contributed by atoms with Gasteiger partial charge in [0.15, 0.2) is 0 Å². The summed E-state index contributed by atoms with van der Waals surface area (Å²) in [5, 5.41) is 0.542. The van der Waals surface area contributed by atoms with Crippen LogP contribution in [0.1, 0.15) is 12.5 Å². The van der Waals surface area contributed by atoms with Crippen LogP contribution in [0, 0.1) is 0 Å². The Hall–Kier alpha value is -1.64. The molecule has 0 radical (unpaired) electrons. The summed E-state index contributed by atoms with van der Waals surface area (Å²) in [5.41, 5.74) is 9.03. The highest BCUT2D eigenvalue weighted by Gasteiger charge is 2.23. The van der Waals surface area contributed by atoms with Crippen LogP contribution in [-0.2, 0) is 9.53 Å². The summed E-state index contributed by atoms with van der Waals surface area (Å²) in [6, 6.07) is 6.35. The molecule has 15 heavy (non-hydrogen) atoms. The van der Waals surface area contributed by atoms with Crippen molar-refractivity contribution in [3.63, 3.8) is 0 Å². The van der Waals surface area contributed by atoms with E-state index in [1.54, 1.807) is 31.2 Å². The fourth-order valence-electron chi connectivity index (χ4n) is 1.02. The highest BCUT2D eigenvalue weighted by molar-refractivity contribution is 6.41. The van der Waals surface area contributed by atoms with E-state index in [0.717, 1.165) is 0 Å². The quantitative estimate of drug-likeness (QED) is 0.341. The summed E-state index contributed by atoms with van der Waals surface area (Å²) in [5.74, 6) is -0.665. The first kappa shape index (κ1) is 11.4. The zero-order valence-corrected chi connectivity index (χ0v) is 8.86. The van der Waals surface area contributed by atoms with Gasteiger partial charge in [0.2, 0.25) is 0 Å². The Morgan fingerprint density at radius 2 is 2.07 bits per heavy atom. The molecule has 0 aliphatic rings. The van der Waals surface area contributed by atoms with Gasteiger partial charge >= 0.3 is 11.7 Å². The SMILES string of the molecule is CCOC(=O)C(=[N+]=[N-])c1ccc(Cl)cc1. The van der Waals surface area contributed by atoms with Crippen molar-refractivity contribution in [3.8, 4) is 0 Å². The molecule has 0 spiro atoms. The number of carbonyl (C=O) groups excluding carboxylic acids is 1. The van der Waals surface area contributed by atoms with Crippen LogP contribution in [-0.4, -0.2) is 23.1 Å². The van der Waals surface area contributed by atoms with E-state index in [0.29, 0.717) is 10.6 Å². The molecule has 0 amide bonds. The number of benzene rings is 1.